The van der Waals surface area contributed by atoms with Crippen LogP contribution >= 0.6 is 0 Å². The van der Waals surface area contributed by atoms with E-state index in [-0.39, 0.29) is 0 Å². The van der Waals surface area contributed by atoms with Crippen LogP contribution in [0.5, 0.6) is 0 Å². The molecule has 17 heavy (non-hydrogen) atoms. The first kappa shape index (κ1) is 12.6. The number of nitrogens with one attached hydrogen (secondary N) is 1. The van der Waals surface area contributed by atoms with Crippen molar-refractivity contribution < 1.29 is 0 Å². The van der Waals surface area contributed by atoms with Gasteiger partial charge in [0.05, 0.1) is 0 Å². The Kier molecular flexibility index (Phi) is 3.82. The summed E-state index contributed by atoms with van der Waals surface area (Å²) in [5.74, 6) is 0. The molecule has 0 amide bonds. The van der Waals surface area contributed by atoms with Crippen LogP contribution in [0.15, 0.2) is 18.5 Å². The van der Waals surface area contributed by atoms with E-state index in [9.17, 15) is 0 Å². The van der Waals surface area contributed by atoms with Gasteiger partial charge in [-0.25, -0.2) is 0 Å². The van der Waals surface area contributed by atoms with Gasteiger partial charge in [-0.15, -0.1) is 0 Å². The van der Waals surface area contributed by atoms with E-state index >= 15 is 0 Å². The normalized spacial score (nSPS) is 21.1. The van der Waals surface area contributed by atoms with Crippen LogP contribution < -0.4 is 5.32 Å². The lowest BCUT2D eigenvalue weighted by Crippen LogP contribution is -2.36. The molecule has 1 atom stereocenters. The van der Waals surface area contributed by atoms with E-state index in [1.807, 2.05) is 12.4 Å². The lowest BCUT2D eigenvalue weighted by molar-refractivity contribution is 0.150. The molecule has 2 nitrogen and oxygen atoms in total. The van der Waals surface area contributed by atoms with Crippen molar-refractivity contribution in [2.24, 2.45) is 5.41 Å². The SMILES string of the molecule is CNC(c1cnccc1C)C1(C)CCCCC1. The van der Waals surface area contributed by atoms with Gasteiger partial charge in [-0.3, -0.25) is 4.98 Å². The van der Waals surface area contributed by atoms with Crippen molar-refractivity contribution in [3.8, 4) is 0 Å². The second kappa shape index (κ2) is 5.18. The predicted molar refractivity (Wildman–Crippen MR) is 72.0 cm³/mol. The van der Waals surface area contributed by atoms with Crippen molar-refractivity contribution in [3.63, 3.8) is 0 Å². The number of rotatable bonds is 3. The van der Waals surface area contributed by atoms with E-state index in [2.05, 4.69) is 37.3 Å². The molecule has 2 heteroatoms. The lowest BCUT2D eigenvalue weighted by atomic mass is 9.68. The quantitative estimate of drug-likeness (QED) is 0.861. The maximum Gasteiger partial charge on any atom is 0.0390 e. The Balaban J connectivity index is 2.29. The highest BCUT2D eigenvalue weighted by atomic mass is 14.9. The largest absolute Gasteiger partial charge is 0.312 e. The fourth-order valence-corrected chi connectivity index (χ4v) is 3.31. The maximum absolute atomic E-state index is 4.30. The van der Waals surface area contributed by atoms with Crippen LogP contribution in [0.2, 0.25) is 0 Å². The van der Waals surface area contributed by atoms with Gasteiger partial charge in [0.25, 0.3) is 0 Å². The molecule has 1 fully saturated rings. The van der Waals surface area contributed by atoms with Gasteiger partial charge in [-0.2, -0.15) is 0 Å². The first-order chi connectivity index (χ1) is 8.17. The molecule has 1 saturated carbocycles. The topological polar surface area (TPSA) is 24.9 Å². The Bertz CT molecular complexity index is 367. The number of pyridine rings is 1. The number of hydrogen-bond donors (Lipinski definition) is 1. The van der Waals surface area contributed by atoms with Crippen LogP contribution in [0.1, 0.15) is 56.2 Å². The Morgan fingerprint density at radius 3 is 2.59 bits per heavy atom. The van der Waals surface area contributed by atoms with Crippen LogP contribution in [0.25, 0.3) is 0 Å². The number of hydrogen-bond acceptors (Lipinski definition) is 2. The molecule has 0 aromatic carbocycles. The summed E-state index contributed by atoms with van der Waals surface area (Å²) in [5.41, 5.74) is 3.12. The molecule has 1 N–H and O–H groups in total. The smallest absolute Gasteiger partial charge is 0.0390 e. The van der Waals surface area contributed by atoms with Crippen molar-refractivity contribution in [2.75, 3.05) is 7.05 Å². The molecule has 0 spiro atoms. The van der Waals surface area contributed by atoms with E-state index in [1.165, 1.54) is 43.2 Å². The van der Waals surface area contributed by atoms with E-state index in [4.69, 9.17) is 0 Å². The summed E-state index contributed by atoms with van der Waals surface area (Å²) >= 11 is 0. The minimum absolute atomic E-state index is 0.390. The zero-order chi connectivity index (χ0) is 12.3. The summed E-state index contributed by atoms with van der Waals surface area (Å²) in [5, 5.41) is 3.53. The van der Waals surface area contributed by atoms with Crippen molar-refractivity contribution >= 4 is 0 Å². The van der Waals surface area contributed by atoms with Gasteiger partial charge in [0, 0.05) is 18.4 Å². The molecule has 1 unspecified atom stereocenters. The fourth-order valence-electron chi connectivity index (χ4n) is 3.31. The molecule has 0 radical (unpaired) electrons. The van der Waals surface area contributed by atoms with Crippen LogP contribution in [0, 0.1) is 12.3 Å². The second-order valence-electron chi connectivity index (χ2n) is 5.67. The molecule has 0 saturated heterocycles. The van der Waals surface area contributed by atoms with Gasteiger partial charge < -0.3 is 5.32 Å². The van der Waals surface area contributed by atoms with E-state index in [0.29, 0.717) is 11.5 Å². The first-order valence-corrected chi connectivity index (χ1v) is 6.75. The van der Waals surface area contributed by atoms with Crippen LogP contribution in [0.4, 0.5) is 0 Å². The molecule has 1 aliphatic rings. The van der Waals surface area contributed by atoms with Gasteiger partial charge in [0.1, 0.15) is 0 Å². The monoisotopic (exact) mass is 232 g/mol. The molecular weight excluding hydrogens is 208 g/mol. The van der Waals surface area contributed by atoms with Crippen molar-refractivity contribution in [1.82, 2.24) is 10.3 Å². The predicted octanol–water partition coefficient (Wildman–Crippen LogP) is 3.62. The summed E-state index contributed by atoms with van der Waals surface area (Å²) in [6.45, 7) is 4.62. The highest BCUT2D eigenvalue weighted by molar-refractivity contribution is 5.27. The molecule has 0 bridgehead atoms. The van der Waals surface area contributed by atoms with Crippen LogP contribution in [-0.2, 0) is 0 Å². The molecule has 2 rings (SSSR count). The Hall–Kier alpha value is -0.890. The molecule has 0 aliphatic heterocycles. The molecule has 1 heterocycles. The number of aryl methyl sites for hydroxylation is 1. The summed E-state index contributed by atoms with van der Waals surface area (Å²) in [6.07, 6.45) is 10.7. The third-order valence-corrected chi connectivity index (χ3v) is 4.37. The highest BCUT2D eigenvalue weighted by Gasteiger charge is 2.36. The summed E-state index contributed by atoms with van der Waals surface area (Å²) < 4.78 is 0. The highest BCUT2D eigenvalue weighted by Crippen LogP contribution is 2.45. The Morgan fingerprint density at radius 2 is 2.00 bits per heavy atom. The summed E-state index contributed by atoms with van der Waals surface area (Å²) in [4.78, 5) is 4.30. The standard InChI is InChI=1S/C15H24N2/c1-12-7-10-17-11-13(12)14(16-3)15(2)8-5-4-6-9-15/h7,10-11,14,16H,4-6,8-9H2,1-3H3. The minimum atomic E-state index is 0.390. The van der Waals surface area contributed by atoms with Gasteiger partial charge in [0.15, 0.2) is 0 Å². The van der Waals surface area contributed by atoms with Gasteiger partial charge in [-0.05, 0) is 49.4 Å². The van der Waals surface area contributed by atoms with Gasteiger partial charge in [-0.1, -0.05) is 26.2 Å². The van der Waals surface area contributed by atoms with E-state index in [1.54, 1.807) is 0 Å². The lowest BCUT2D eigenvalue weighted by Gasteiger charge is -2.41. The average molecular weight is 232 g/mol. The fraction of sp³-hybridized carbons (Fsp3) is 0.667. The van der Waals surface area contributed by atoms with Gasteiger partial charge >= 0.3 is 0 Å². The molecule has 1 aliphatic carbocycles. The number of nitrogens with zero attached hydrogens (tertiary/aromatic N) is 1. The average Bonchev–Trinajstić information content (AvgIpc) is 2.33. The van der Waals surface area contributed by atoms with Crippen molar-refractivity contribution in [1.29, 1.82) is 0 Å². The zero-order valence-electron chi connectivity index (χ0n) is 11.3. The van der Waals surface area contributed by atoms with Crippen molar-refractivity contribution in [3.05, 3.63) is 29.6 Å². The second-order valence-corrected chi connectivity index (χ2v) is 5.67. The van der Waals surface area contributed by atoms with Crippen LogP contribution in [0.3, 0.4) is 0 Å². The third kappa shape index (κ3) is 2.52. The summed E-state index contributed by atoms with van der Waals surface area (Å²) in [6, 6.07) is 2.56. The van der Waals surface area contributed by atoms with E-state index in [0.717, 1.165) is 0 Å². The minimum Gasteiger partial charge on any atom is -0.312 e. The van der Waals surface area contributed by atoms with Gasteiger partial charge in [0.2, 0.25) is 0 Å². The molecule has 94 valence electrons. The third-order valence-electron chi connectivity index (χ3n) is 4.37. The first-order valence-electron chi connectivity index (χ1n) is 6.75. The number of aromatic nitrogens is 1. The Morgan fingerprint density at radius 1 is 1.29 bits per heavy atom. The Labute approximate surface area is 105 Å². The summed E-state index contributed by atoms with van der Waals surface area (Å²) in [7, 11) is 2.08. The maximum atomic E-state index is 4.30. The molecule has 1 aromatic rings. The molecule has 1 aromatic heterocycles. The zero-order valence-corrected chi connectivity index (χ0v) is 11.3. The van der Waals surface area contributed by atoms with E-state index < -0.39 is 0 Å². The molecular formula is C15H24N2. The van der Waals surface area contributed by atoms with Crippen molar-refractivity contribution in [2.45, 2.75) is 52.0 Å². The van der Waals surface area contributed by atoms with Crippen LogP contribution in [-0.4, -0.2) is 12.0 Å².